The summed E-state index contributed by atoms with van der Waals surface area (Å²) in [5, 5.41) is 8.84. The van der Waals surface area contributed by atoms with Gasteiger partial charge in [0.05, 0.1) is 17.8 Å². The van der Waals surface area contributed by atoms with E-state index in [0.717, 1.165) is 25.7 Å². The molecular weight excluding hydrogens is 268 g/mol. The molecule has 0 saturated heterocycles. The molecule has 0 aliphatic rings. The Bertz CT molecular complexity index is 474. The second-order valence-corrected chi connectivity index (χ2v) is 5.06. The number of para-hydroxylation sites is 2. The number of amides is 1. The van der Waals surface area contributed by atoms with E-state index in [1.807, 2.05) is 0 Å². The number of nitrogens with two attached hydrogens (primary N) is 1. The van der Waals surface area contributed by atoms with Crippen molar-refractivity contribution in [2.24, 2.45) is 0 Å². The number of carboxylic acid groups (broad SMARTS) is 1. The summed E-state index contributed by atoms with van der Waals surface area (Å²) in [5.74, 6) is -0.987. The second kappa shape index (κ2) is 9.00. The minimum absolute atomic E-state index is 0.0646. The summed E-state index contributed by atoms with van der Waals surface area (Å²) in [6.07, 6.45) is 4.39. The Morgan fingerprint density at radius 2 is 1.86 bits per heavy atom. The van der Waals surface area contributed by atoms with E-state index >= 15 is 0 Å². The maximum absolute atomic E-state index is 12.3. The SMILES string of the molecule is CCCCCCC(=O)N(CCC(=O)O)c1ccccc1N. The number of carboxylic acids is 1. The number of nitrogens with zero attached hydrogens (tertiary/aromatic N) is 1. The highest BCUT2D eigenvalue weighted by molar-refractivity contribution is 5.96. The maximum Gasteiger partial charge on any atom is 0.305 e. The van der Waals surface area contributed by atoms with Crippen LogP contribution in [0.25, 0.3) is 0 Å². The van der Waals surface area contributed by atoms with Gasteiger partial charge in [-0.15, -0.1) is 0 Å². The first-order valence-electron chi connectivity index (χ1n) is 7.43. The lowest BCUT2D eigenvalue weighted by Gasteiger charge is -2.23. The number of carbonyl (C=O) groups excluding carboxylic acids is 1. The van der Waals surface area contributed by atoms with Gasteiger partial charge in [0, 0.05) is 13.0 Å². The third-order valence-corrected chi connectivity index (χ3v) is 3.32. The van der Waals surface area contributed by atoms with Gasteiger partial charge < -0.3 is 15.7 Å². The summed E-state index contributed by atoms with van der Waals surface area (Å²) in [7, 11) is 0. The Morgan fingerprint density at radius 1 is 1.14 bits per heavy atom. The monoisotopic (exact) mass is 292 g/mol. The molecule has 0 aromatic heterocycles. The summed E-state index contributed by atoms with van der Waals surface area (Å²) < 4.78 is 0. The molecule has 0 spiro atoms. The van der Waals surface area contributed by atoms with Gasteiger partial charge in [0.15, 0.2) is 0 Å². The van der Waals surface area contributed by atoms with Crippen LogP contribution in [0, 0.1) is 0 Å². The van der Waals surface area contributed by atoms with E-state index in [4.69, 9.17) is 10.8 Å². The van der Waals surface area contributed by atoms with Crippen LogP contribution < -0.4 is 10.6 Å². The number of hydrogen-bond acceptors (Lipinski definition) is 3. The Labute approximate surface area is 125 Å². The molecule has 0 radical (unpaired) electrons. The number of rotatable bonds is 9. The van der Waals surface area contributed by atoms with Crippen molar-refractivity contribution in [3.05, 3.63) is 24.3 Å². The molecule has 0 fully saturated rings. The molecule has 0 heterocycles. The lowest BCUT2D eigenvalue weighted by atomic mass is 10.1. The van der Waals surface area contributed by atoms with Crippen LogP contribution in [0.3, 0.4) is 0 Å². The first-order chi connectivity index (χ1) is 10.1. The molecule has 0 atom stereocenters. The fourth-order valence-corrected chi connectivity index (χ4v) is 2.16. The number of aliphatic carboxylic acids is 1. The molecule has 1 amide bonds. The Balaban J connectivity index is 2.74. The zero-order chi connectivity index (χ0) is 15.7. The predicted octanol–water partition coefficient (Wildman–Crippen LogP) is 3.05. The molecule has 116 valence electrons. The van der Waals surface area contributed by atoms with E-state index in [2.05, 4.69) is 6.92 Å². The molecule has 0 bridgehead atoms. The molecule has 0 saturated carbocycles. The molecule has 0 aliphatic heterocycles. The fourth-order valence-electron chi connectivity index (χ4n) is 2.16. The van der Waals surface area contributed by atoms with Crippen LogP contribution in [-0.4, -0.2) is 23.5 Å². The van der Waals surface area contributed by atoms with E-state index in [0.29, 0.717) is 17.8 Å². The van der Waals surface area contributed by atoms with Gasteiger partial charge in [0.1, 0.15) is 0 Å². The first kappa shape index (κ1) is 17.0. The first-order valence-corrected chi connectivity index (χ1v) is 7.43. The molecule has 5 heteroatoms. The van der Waals surface area contributed by atoms with E-state index in [1.165, 1.54) is 4.90 Å². The zero-order valence-corrected chi connectivity index (χ0v) is 12.5. The summed E-state index contributed by atoms with van der Waals surface area (Å²) >= 11 is 0. The average Bonchev–Trinajstić information content (AvgIpc) is 2.45. The highest BCUT2D eigenvalue weighted by atomic mass is 16.4. The van der Waals surface area contributed by atoms with Crippen molar-refractivity contribution in [1.29, 1.82) is 0 Å². The highest BCUT2D eigenvalue weighted by Gasteiger charge is 2.18. The van der Waals surface area contributed by atoms with Crippen LogP contribution in [0.4, 0.5) is 11.4 Å². The smallest absolute Gasteiger partial charge is 0.305 e. The average molecular weight is 292 g/mol. The minimum atomic E-state index is -0.923. The van der Waals surface area contributed by atoms with E-state index in [-0.39, 0.29) is 18.9 Å². The van der Waals surface area contributed by atoms with Crippen molar-refractivity contribution in [3.63, 3.8) is 0 Å². The van der Waals surface area contributed by atoms with Crippen LogP contribution in [0.2, 0.25) is 0 Å². The van der Waals surface area contributed by atoms with Crippen molar-refractivity contribution in [1.82, 2.24) is 0 Å². The van der Waals surface area contributed by atoms with Crippen LogP contribution >= 0.6 is 0 Å². The van der Waals surface area contributed by atoms with E-state index in [1.54, 1.807) is 24.3 Å². The Morgan fingerprint density at radius 3 is 2.48 bits per heavy atom. The van der Waals surface area contributed by atoms with E-state index < -0.39 is 5.97 Å². The molecule has 0 unspecified atom stereocenters. The molecule has 0 aliphatic carbocycles. The normalized spacial score (nSPS) is 10.3. The summed E-state index contributed by atoms with van der Waals surface area (Å²) in [6, 6.07) is 7.05. The Hall–Kier alpha value is -2.04. The van der Waals surface area contributed by atoms with Gasteiger partial charge in [0.2, 0.25) is 5.91 Å². The third kappa shape index (κ3) is 5.85. The van der Waals surface area contributed by atoms with Gasteiger partial charge in [-0.25, -0.2) is 0 Å². The predicted molar refractivity (Wildman–Crippen MR) is 84.2 cm³/mol. The standard InChI is InChI=1S/C16H24N2O3/c1-2-3-4-5-10-15(19)18(12-11-16(20)21)14-9-7-6-8-13(14)17/h6-9H,2-5,10-12,17H2,1H3,(H,20,21). The van der Waals surface area contributed by atoms with Crippen LogP contribution in [0.1, 0.15) is 45.4 Å². The molecule has 3 N–H and O–H groups in total. The van der Waals surface area contributed by atoms with Crippen LogP contribution in [0.5, 0.6) is 0 Å². The fraction of sp³-hybridized carbons (Fsp3) is 0.500. The molecule has 1 aromatic rings. The molecule has 21 heavy (non-hydrogen) atoms. The largest absolute Gasteiger partial charge is 0.481 e. The van der Waals surface area contributed by atoms with Gasteiger partial charge in [-0.05, 0) is 18.6 Å². The number of benzene rings is 1. The van der Waals surface area contributed by atoms with Crippen molar-refractivity contribution in [3.8, 4) is 0 Å². The molecule has 5 nitrogen and oxygen atoms in total. The molecule has 1 rings (SSSR count). The van der Waals surface area contributed by atoms with Gasteiger partial charge in [0.25, 0.3) is 0 Å². The van der Waals surface area contributed by atoms with Gasteiger partial charge >= 0.3 is 5.97 Å². The zero-order valence-electron chi connectivity index (χ0n) is 12.5. The minimum Gasteiger partial charge on any atom is -0.481 e. The van der Waals surface area contributed by atoms with Crippen molar-refractivity contribution < 1.29 is 14.7 Å². The molecule has 1 aromatic carbocycles. The maximum atomic E-state index is 12.3. The summed E-state index contributed by atoms with van der Waals surface area (Å²) in [5.41, 5.74) is 6.99. The van der Waals surface area contributed by atoms with Crippen molar-refractivity contribution in [2.75, 3.05) is 17.2 Å². The number of carbonyl (C=O) groups is 2. The van der Waals surface area contributed by atoms with Gasteiger partial charge in [-0.1, -0.05) is 38.3 Å². The topological polar surface area (TPSA) is 83.6 Å². The summed E-state index contributed by atoms with van der Waals surface area (Å²) in [4.78, 5) is 24.6. The van der Waals surface area contributed by atoms with Crippen molar-refractivity contribution >= 4 is 23.3 Å². The lowest BCUT2D eigenvalue weighted by Crippen LogP contribution is -2.33. The number of nitrogen functional groups attached to an aromatic ring is 1. The third-order valence-electron chi connectivity index (χ3n) is 3.32. The number of anilines is 2. The number of unbranched alkanes of at least 4 members (excludes halogenated alkanes) is 3. The van der Waals surface area contributed by atoms with Crippen LogP contribution in [-0.2, 0) is 9.59 Å². The van der Waals surface area contributed by atoms with Gasteiger partial charge in [-0.3, -0.25) is 9.59 Å². The Kier molecular flexibility index (Phi) is 7.29. The second-order valence-electron chi connectivity index (χ2n) is 5.06. The van der Waals surface area contributed by atoms with Crippen LogP contribution in [0.15, 0.2) is 24.3 Å². The lowest BCUT2D eigenvalue weighted by molar-refractivity contribution is -0.136. The summed E-state index contributed by atoms with van der Waals surface area (Å²) in [6.45, 7) is 2.27. The van der Waals surface area contributed by atoms with Crippen molar-refractivity contribution in [2.45, 2.75) is 45.4 Å². The molecular formula is C16H24N2O3. The number of hydrogen-bond donors (Lipinski definition) is 2. The van der Waals surface area contributed by atoms with Gasteiger partial charge in [-0.2, -0.15) is 0 Å². The highest BCUT2D eigenvalue weighted by Crippen LogP contribution is 2.24. The quantitative estimate of drug-likeness (QED) is 0.541. The van der Waals surface area contributed by atoms with E-state index in [9.17, 15) is 9.59 Å².